The molecule has 4 bridgehead atoms. The predicted octanol–water partition coefficient (Wildman–Crippen LogP) is 2.90. The van der Waals surface area contributed by atoms with Gasteiger partial charge in [-0.2, -0.15) is 0 Å². The van der Waals surface area contributed by atoms with Crippen molar-refractivity contribution in [3.05, 3.63) is 23.3 Å². The molecule has 1 aromatic carbocycles. The van der Waals surface area contributed by atoms with Crippen molar-refractivity contribution < 1.29 is 14.6 Å². The van der Waals surface area contributed by atoms with Gasteiger partial charge in [0.25, 0.3) is 0 Å². The van der Waals surface area contributed by atoms with E-state index >= 15 is 0 Å². The second kappa shape index (κ2) is 7.51. The second-order valence-electron chi connectivity index (χ2n) is 12.6. The minimum Gasteiger partial charge on any atom is -0.504 e. The number of likely N-dealkylation sites (tertiary alicyclic amines) is 1. The van der Waals surface area contributed by atoms with Crippen molar-refractivity contribution in [3.8, 4) is 11.5 Å². The molecule has 2 amide bonds. The van der Waals surface area contributed by atoms with Gasteiger partial charge in [0, 0.05) is 55.7 Å². The molecular formula is C28H40N4O3. The molecule has 2 spiro atoms. The van der Waals surface area contributed by atoms with Crippen LogP contribution in [0.5, 0.6) is 11.5 Å². The molecule has 3 saturated heterocycles. The zero-order chi connectivity index (χ0) is 24.1. The molecule has 190 valence electrons. The number of hydrogen-bond donors (Lipinski definition) is 1. The molecule has 2 saturated carbocycles. The van der Waals surface area contributed by atoms with Gasteiger partial charge in [0.05, 0.1) is 6.04 Å². The summed E-state index contributed by atoms with van der Waals surface area (Å²) in [5, 5.41) is 10.9. The molecule has 8 rings (SSSR count). The summed E-state index contributed by atoms with van der Waals surface area (Å²) in [5.74, 6) is 1.88. The summed E-state index contributed by atoms with van der Waals surface area (Å²) < 4.78 is 6.82. The number of carbonyl (C=O) groups excluding carboxylic acids is 1. The van der Waals surface area contributed by atoms with Crippen molar-refractivity contribution in [1.82, 2.24) is 19.6 Å². The molecule has 5 atom stereocenters. The van der Waals surface area contributed by atoms with Gasteiger partial charge in [-0.1, -0.05) is 6.07 Å². The normalized spacial score (nSPS) is 36.7. The standard InChI is InChI=1S/C28H40N4O3/c1-29(2)14-15-30(3)26(34)32-13-10-27-9-8-20(32)25-28(27)11-12-31(17-18-4-5-18)22(27)16-19-6-7-21(33)24(35-25)23(19)28/h6-7,18,20,22,25,33H,4-5,8-17H2,1-3H3/t20-,22-,25+,27-,28+/m1/s1. The number of nitrogens with zero attached hydrogens (tertiary/aromatic N) is 4. The third-order valence-corrected chi connectivity index (χ3v) is 10.7. The van der Waals surface area contributed by atoms with Gasteiger partial charge in [-0.05, 0) is 83.1 Å². The Kier molecular flexibility index (Phi) is 4.77. The highest BCUT2D eigenvalue weighted by Gasteiger charge is 2.74. The smallest absolute Gasteiger partial charge is 0.320 e. The van der Waals surface area contributed by atoms with Crippen LogP contribution in [0.25, 0.3) is 0 Å². The Morgan fingerprint density at radius 2 is 1.94 bits per heavy atom. The third-order valence-electron chi connectivity index (χ3n) is 10.7. The average molecular weight is 481 g/mol. The maximum atomic E-state index is 13.8. The molecule has 0 radical (unpaired) electrons. The number of urea groups is 1. The van der Waals surface area contributed by atoms with Crippen LogP contribution >= 0.6 is 0 Å². The predicted molar refractivity (Wildman–Crippen MR) is 134 cm³/mol. The lowest BCUT2D eigenvalue weighted by atomic mass is 9.42. The molecule has 4 heterocycles. The van der Waals surface area contributed by atoms with Crippen LogP contribution in [-0.4, -0.2) is 103 Å². The van der Waals surface area contributed by atoms with Gasteiger partial charge in [-0.15, -0.1) is 0 Å². The first-order valence-corrected chi connectivity index (χ1v) is 13.8. The lowest BCUT2D eigenvalue weighted by Crippen LogP contribution is -2.73. The van der Waals surface area contributed by atoms with Crippen molar-refractivity contribution in [1.29, 1.82) is 0 Å². The van der Waals surface area contributed by atoms with Gasteiger partial charge in [-0.25, -0.2) is 4.79 Å². The Hall–Kier alpha value is -1.99. The first kappa shape index (κ1) is 22.2. The third kappa shape index (κ3) is 2.88. The molecular weight excluding hydrogens is 440 g/mol. The number of phenolic OH excluding ortho intramolecular Hbond substituents is 1. The minimum atomic E-state index is -0.0838. The van der Waals surface area contributed by atoms with Gasteiger partial charge in [0.2, 0.25) is 0 Å². The van der Waals surface area contributed by atoms with Crippen molar-refractivity contribution in [2.45, 2.75) is 68.5 Å². The zero-order valence-electron chi connectivity index (χ0n) is 21.5. The van der Waals surface area contributed by atoms with Crippen LogP contribution in [0.1, 0.15) is 49.7 Å². The average Bonchev–Trinajstić information content (AvgIpc) is 3.63. The number of phenols is 1. The van der Waals surface area contributed by atoms with Crippen LogP contribution in [0.4, 0.5) is 4.79 Å². The lowest BCUT2D eigenvalue weighted by molar-refractivity contribution is -0.129. The topological polar surface area (TPSA) is 59.5 Å². The van der Waals surface area contributed by atoms with Crippen LogP contribution < -0.4 is 4.74 Å². The number of likely N-dealkylation sites (N-methyl/N-ethyl adjacent to an activating group) is 2. The summed E-state index contributed by atoms with van der Waals surface area (Å²) in [5.41, 5.74) is 2.72. The number of ether oxygens (including phenoxy) is 1. The molecule has 1 N–H and O–H groups in total. The Morgan fingerprint density at radius 1 is 1.11 bits per heavy atom. The van der Waals surface area contributed by atoms with E-state index in [1.54, 1.807) is 0 Å². The molecule has 4 aliphatic heterocycles. The van der Waals surface area contributed by atoms with Crippen LogP contribution in [0.15, 0.2) is 12.1 Å². The Morgan fingerprint density at radius 3 is 2.71 bits per heavy atom. The van der Waals surface area contributed by atoms with E-state index in [0.717, 1.165) is 70.0 Å². The summed E-state index contributed by atoms with van der Waals surface area (Å²) in [7, 11) is 6.04. The van der Waals surface area contributed by atoms with E-state index in [9.17, 15) is 9.90 Å². The fourth-order valence-corrected chi connectivity index (χ4v) is 8.89. The van der Waals surface area contributed by atoms with E-state index < -0.39 is 0 Å². The fourth-order valence-electron chi connectivity index (χ4n) is 8.89. The molecule has 7 heteroatoms. The summed E-state index contributed by atoms with van der Waals surface area (Å²) in [6, 6.07) is 4.71. The highest BCUT2D eigenvalue weighted by Crippen LogP contribution is 2.71. The van der Waals surface area contributed by atoms with Crippen molar-refractivity contribution in [2.24, 2.45) is 11.3 Å². The number of rotatable bonds is 5. The van der Waals surface area contributed by atoms with Crippen molar-refractivity contribution >= 4 is 6.03 Å². The number of benzene rings is 1. The number of aromatic hydroxyl groups is 1. The molecule has 0 aromatic heterocycles. The Labute approximate surface area is 209 Å². The highest BCUT2D eigenvalue weighted by atomic mass is 16.5. The largest absolute Gasteiger partial charge is 0.504 e. The first-order valence-electron chi connectivity index (χ1n) is 13.8. The van der Waals surface area contributed by atoms with Crippen LogP contribution in [0.2, 0.25) is 0 Å². The monoisotopic (exact) mass is 480 g/mol. The van der Waals surface area contributed by atoms with Gasteiger partial charge in [0.15, 0.2) is 11.5 Å². The summed E-state index contributed by atoms with van der Waals surface area (Å²) >= 11 is 0. The van der Waals surface area contributed by atoms with Gasteiger partial charge in [0.1, 0.15) is 6.10 Å². The Bertz CT molecular complexity index is 1060. The van der Waals surface area contributed by atoms with E-state index in [4.69, 9.17) is 4.74 Å². The van der Waals surface area contributed by atoms with Crippen molar-refractivity contribution in [3.63, 3.8) is 0 Å². The fraction of sp³-hybridized carbons (Fsp3) is 0.750. The van der Waals surface area contributed by atoms with Crippen LogP contribution in [0, 0.1) is 11.3 Å². The van der Waals surface area contributed by atoms with E-state index in [1.165, 1.54) is 30.5 Å². The zero-order valence-corrected chi connectivity index (χ0v) is 21.5. The number of carbonyl (C=O) groups is 1. The molecule has 7 nitrogen and oxygen atoms in total. The van der Waals surface area contributed by atoms with Crippen LogP contribution in [-0.2, 0) is 11.8 Å². The molecule has 3 aliphatic carbocycles. The number of fused-ring (bicyclic) bond motifs is 3. The molecule has 1 aromatic rings. The van der Waals surface area contributed by atoms with Gasteiger partial charge in [-0.3, -0.25) is 4.90 Å². The molecule has 5 fully saturated rings. The summed E-state index contributed by atoms with van der Waals surface area (Å²) in [6.07, 6.45) is 8.03. The molecule has 35 heavy (non-hydrogen) atoms. The van der Waals surface area contributed by atoms with Gasteiger partial charge < -0.3 is 24.5 Å². The summed E-state index contributed by atoms with van der Waals surface area (Å²) in [4.78, 5) is 22.8. The summed E-state index contributed by atoms with van der Waals surface area (Å²) in [6.45, 7) is 4.73. The minimum absolute atomic E-state index is 0.0575. The number of piperidine rings is 1. The highest BCUT2D eigenvalue weighted by molar-refractivity contribution is 5.75. The van der Waals surface area contributed by atoms with Crippen molar-refractivity contribution in [2.75, 3.05) is 53.9 Å². The number of hydrogen-bond acceptors (Lipinski definition) is 5. The maximum Gasteiger partial charge on any atom is 0.320 e. The SMILES string of the molecule is CN(C)CCN(C)C(=O)N1CC[C@@]23CC[C@@H]1[C@@H]1Oc4c(O)ccc5c4[C@@]12CCN(CC1CC1)[C@@H]3C5. The first-order chi connectivity index (χ1) is 16.9. The lowest BCUT2D eigenvalue weighted by Gasteiger charge is -2.66. The molecule has 0 unspecified atom stereocenters. The second-order valence-corrected chi connectivity index (χ2v) is 12.6. The number of amides is 2. The van der Waals surface area contributed by atoms with E-state index in [-0.39, 0.29) is 34.8 Å². The quantitative estimate of drug-likeness (QED) is 0.702. The maximum absolute atomic E-state index is 13.8. The van der Waals surface area contributed by atoms with Gasteiger partial charge >= 0.3 is 6.03 Å². The molecule has 7 aliphatic rings. The van der Waals surface area contributed by atoms with Crippen LogP contribution in [0.3, 0.4) is 0 Å². The van der Waals surface area contributed by atoms with E-state index in [2.05, 4.69) is 34.9 Å². The van der Waals surface area contributed by atoms with E-state index in [0.29, 0.717) is 6.04 Å². The van der Waals surface area contributed by atoms with E-state index in [1.807, 2.05) is 18.0 Å². The Balaban J connectivity index is 1.32.